The van der Waals surface area contributed by atoms with Crippen molar-refractivity contribution >= 4 is 17.4 Å². The van der Waals surface area contributed by atoms with Gasteiger partial charge in [0.1, 0.15) is 5.69 Å². The standard InChI is InChI=1S/C13H19N3O3/c1-4-5-6-14-13(17)15-11-7-9(2)10(3)8-12(11)16(18)19/h7-8H,4-6H2,1-3H3,(H2,14,15,17). The lowest BCUT2D eigenvalue weighted by atomic mass is 10.1. The first-order valence-electron chi connectivity index (χ1n) is 6.26. The molecule has 0 bridgehead atoms. The Morgan fingerprint density at radius 3 is 2.53 bits per heavy atom. The summed E-state index contributed by atoms with van der Waals surface area (Å²) in [5, 5.41) is 16.1. The van der Waals surface area contributed by atoms with Crippen molar-refractivity contribution in [1.29, 1.82) is 0 Å². The third kappa shape index (κ3) is 4.24. The van der Waals surface area contributed by atoms with Gasteiger partial charge in [-0.05, 0) is 37.5 Å². The van der Waals surface area contributed by atoms with Crippen molar-refractivity contribution in [2.45, 2.75) is 33.6 Å². The van der Waals surface area contributed by atoms with Crippen LogP contribution in [0.3, 0.4) is 0 Å². The minimum Gasteiger partial charge on any atom is -0.338 e. The number of nitro benzene ring substituents is 1. The molecule has 1 rings (SSSR count). The molecule has 0 spiro atoms. The van der Waals surface area contributed by atoms with Crippen molar-refractivity contribution in [2.24, 2.45) is 0 Å². The fourth-order valence-electron chi connectivity index (χ4n) is 1.60. The number of rotatable bonds is 5. The predicted octanol–water partition coefficient (Wildman–Crippen LogP) is 3.13. The highest BCUT2D eigenvalue weighted by Gasteiger charge is 2.17. The van der Waals surface area contributed by atoms with Crippen LogP contribution in [0.15, 0.2) is 12.1 Å². The molecule has 19 heavy (non-hydrogen) atoms. The number of nitrogens with one attached hydrogen (secondary N) is 2. The van der Waals surface area contributed by atoms with E-state index in [4.69, 9.17) is 0 Å². The Labute approximate surface area is 112 Å². The quantitative estimate of drug-likeness (QED) is 0.487. The van der Waals surface area contributed by atoms with E-state index in [1.807, 2.05) is 13.8 Å². The van der Waals surface area contributed by atoms with E-state index in [2.05, 4.69) is 10.6 Å². The lowest BCUT2D eigenvalue weighted by Crippen LogP contribution is -2.29. The summed E-state index contributed by atoms with van der Waals surface area (Å²) < 4.78 is 0. The molecule has 1 aromatic carbocycles. The van der Waals surface area contributed by atoms with Gasteiger partial charge in [0.2, 0.25) is 0 Å². The summed E-state index contributed by atoms with van der Waals surface area (Å²) in [6.45, 7) is 6.22. The van der Waals surface area contributed by atoms with Gasteiger partial charge in [-0.25, -0.2) is 4.79 Å². The van der Waals surface area contributed by atoms with Crippen LogP contribution in [0.4, 0.5) is 16.2 Å². The summed E-state index contributed by atoms with van der Waals surface area (Å²) in [5.41, 5.74) is 1.86. The number of nitro groups is 1. The van der Waals surface area contributed by atoms with Gasteiger partial charge in [-0.3, -0.25) is 10.1 Å². The van der Waals surface area contributed by atoms with E-state index < -0.39 is 11.0 Å². The van der Waals surface area contributed by atoms with Crippen molar-refractivity contribution in [3.63, 3.8) is 0 Å². The van der Waals surface area contributed by atoms with Gasteiger partial charge < -0.3 is 10.6 Å². The number of nitrogens with zero attached hydrogens (tertiary/aromatic N) is 1. The minimum absolute atomic E-state index is 0.0891. The number of unbranched alkanes of at least 4 members (excludes halogenated alkanes) is 1. The third-order valence-electron chi connectivity index (χ3n) is 2.87. The second kappa shape index (κ2) is 6.72. The fraction of sp³-hybridized carbons (Fsp3) is 0.462. The van der Waals surface area contributed by atoms with E-state index in [1.54, 1.807) is 13.0 Å². The molecular weight excluding hydrogens is 246 g/mol. The molecule has 0 saturated carbocycles. The molecule has 0 unspecified atom stereocenters. The second-order valence-corrected chi connectivity index (χ2v) is 4.45. The van der Waals surface area contributed by atoms with E-state index in [0.717, 1.165) is 24.0 Å². The highest BCUT2D eigenvalue weighted by atomic mass is 16.6. The van der Waals surface area contributed by atoms with Crippen molar-refractivity contribution in [3.8, 4) is 0 Å². The van der Waals surface area contributed by atoms with Gasteiger partial charge >= 0.3 is 6.03 Å². The molecule has 0 aromatic heterocycles. The Kier molecular flexibility index (Phi) is 5.29. The zero-order valence-electron chi connectivity index (χ0n) is 11.4. The molecule has 0 atom stereocenters. The summed E-state index contributed by atoms with van der Waals surface area (Å²) >= 11 is 0. The molecule has 104 valence electrons. The predicted molar refractivity (Wildman–Crippen MR) is 74.5 cm³/mol. The topological polar surface area (TPSA) is 84.3 Å². The molecule has 6 heteroatoms. The summed E-state index contributed by atoms with van der Waals surface area (Å²) in [6.07, 6.45) is 1.85. The van der Waals surface area contributed by atoms with Crippen LogP contribution >= 0.6 is 0 Å². The number of hydrogen-bond acceptors (Lipinski definition) is 3. The molecule has 2 N–H and O–H groups in total. The van der Waals surface area contributed by atoms with Crippen LogP contribution in [0.2, 0.25) is 0 Å². The number of anilines is 1. The number of carbonyl (C=O) groups is 1. The van der Waals surface area contributed by atoms with Crippen molar-refractivity contribution < 1.29 is 9.72 Å². The monoisotopic (exact) mass is 265 g/mol. The summed E-state index contributed by atoms with van der Waals surface area (Å²) in [7, 11) is 0. The molecular formula is C13H19N3O3. The molecule has 0 aliphatic heterocycles. The van der Waals surface area contributed by atoms with E-state index >= 15 is 0 Å². The highest BCUT2D eigenvalue weighted by molar-refractivity contribution is 5.92. The Balaban J connectivity index is 2.84. The molecule has 1 aromatic rings. The average Bonchev–Trinajstić information content (AvgIpc) is 2.33. The van der Waals surface area contributed by atoms with Gasteiger partial charge in [0.05, 0.1) is 4.92 Å². The van der Waals surface area contributed by atoms with Gasteiger partial charge in [-0.1, -0.05) is 13.3 Å². The van der Waals surface area contributed by atoms with Crippen LogP contribution in [0.25, 0.3) is 0 Å². The number of aryl methyl sites for hydroxylation is 2. The molecule has 6 nitrogen and oxygen atoms in total. The molecule has 0 saturated heterocycles. The van der Waals surface area contributed by atoms with E-state index in [9.17, 15) is 14.9 Å². The molecule has 0 fully saturated rings. The molecule has 0 aliphatic carbocycles. The normalized spacial score (nSPS) is 10.1. The fourth-order valence-corrected chi connectivity index (χ4v) is 1.60. The van der Waals surface area contributed by atoms with Gasteiger partial charge in [-0.15, -0.1) is 0 Å². The Bertz CT molecular complexity index is 486. The van der Waals surface area contributed by atoms with Gasteiger partial charge in [0, 0.05) is 12.6 Å². The molecule has 0 heterocycles. The molecule has 2 amide bonds. The van der Waals surface area contributed by atoms with Gasteiger partial charge in [0.25, 0.3) is 5.69 Å². The van der Waals surface area contributed by atoms with Crippen LogP contribution in [0.5, 0.6) is 0 Å². The third-order valence-corrected chi connectivity index (χ3v) is 2.87. The van der Waals surface area contributed by atoms with E-state index in [-0.39, 0.29) is 11.4 Å². The van der Waals surface area contributed by atoms with E-state index in [0.29, 0.717) is 6.54 Å². The Hall–Kier alpha value is -2.11. The smallest absolute Gasteiger partial charge is 0.319 e. The van der Waals surface area contributed by atoms with Crippen molar-refractivity contribution in [1.82, 2.24) is 5.32 Å². The number of amides is 2. The zero-order valence-corrected chi connectivity index (χ0v) is 11.4. The van der Waals surface area contributed by atoms with E-state index in [1.165, 1.54) is 6.07 Å². The highest BCUT2D eigenvalue weighted by Crippen LogP contribution is 2.27. The summed E-state index contributed by atoms with van der Waals surface area (Å²) in [4.78, 5) is 22.1. The average molecular weight is 265 g/mol. The first kappa shape index (κ1) is 14.9. The Morgan fingerprint density at radius 1 is 1.32 bits per heavy atom. The maximum atomic E-state index is 11.6. The SMILES string of the molecule is CCCCNC(=O)Nc1cc(C)c(C)cc1[N+](=O)[O-]. The lowest BCUT2D eigenvalue weighted by molar-refractivity contribution is -0.384. The van der Waals surface area contributed by atoms with Gasteiger partial charge in [-0.2, -0.15) is 0 Å². The zero-order chi connectivity index (χ0) is 14.4. The second-order valence-electron chi connectivity index (χ2n) is 4.45. The van der Waals surface area contributed by atoms with Crippen molar-refractivity contribution in [2.75, 3.05) is 11.9 Å². The number of carbonyl (C=O) groups excluding carboxylic acids is 1. The van der Waals surface area contributed by atoms with Crippen LogP contribution in [0.1, 0.15) is 30.9 Å². The summed E-state index contributed by atoms with van der Waals surface area (Å²) in [5.74, 6) is 0. The van der Waals surface area contributed by atoms with Gasteiger partial charge in [0.15, 0.2) is 0 Å². The van der Waals surface area contributed by atoms with Crippen LogP contribution in [-0.4, -0.2) is 17.5 Å². The first-order valence-corrected chi connectivity index (χ1v) is 6.26. The first-order chi connectivity index (χ1) is 8.95. The molecule has 0 radical (unpaired) electrons. The lowest BCUT2D eigenvalue weighted by Gasteiger charge is -2.09. The number of benzene rings is 1. The van der Waals surface area contributed by atoms with Crippen molar-refractivity contribution in [3.05, 3.63) is 33.4 Å². The maximum Gasteiger partial charge on any atom is 0.319 e. The summed E-state index contributed by atoms with van der Waals surface area (Å²) in [6, 6.07) is 2.67. The largest absolute Gasteiger partial charge is 0.338 e. The van der Waals surface area contributed by atoms with Crippen LogP contribution in [-0.2, 0) is 0 Å². The van der Waals surface area contributed by atoms with Crippen LogP contribution < -0.4 is 10.6 Å². The number of urea groups is 1. The van der Waals surface area contributed by atoms with Crippen LogP contribution in [0, 0.1) is 24.0 Å². The minimum atomic E-state index is -0.492. The number of hydrogen-bond donors (Lipinski definition) is 2. The Morgan fingerprint density at radius 2 is 1.95 bits per heavy atom. The molecule has 0 aliphatic rings. The maximum absolute atomic E-state index is 11.6.